The van der Waals surface area contributed by atoms with Gasteiger partial charge in [0.25, 0.3) is 0 Å². The summed E-state index contributed by atoms with van der Waals surface area (Å²) in [5.74, 6) is 1.42. The Bertz CT molecular complexity index is 459. The molecule has 0 unspecified atom stereocenters. The minimum atomic E-state index is -0.450. The Kier molecular flexibility index (Phi) is 4.13. The van der Waals surface area contributed by atoms with Gasteiger partial charge in [0.15, 0.2) is 0 Å². The summed E-state index contributed by atoms with van der Waals surface area (Å²) < 4.78 is 0. The molecule has 104 valence electrons. The van der Waals surface area contributed by atoms with E-state index in [1.54, 1.807) is 0 Å². The molecule has 2 N–H and O–H groups in total. The fourth-order valence-corrected chi connectivity index (χ4v) is 2.15. The summed E-state index contributed by atoms with van der Waals surface area (Å²) in [5.41, 5.74) is -0.0680. The van der Waals surface area contributed by atoms with Gasteiger partial charge in [-0.1, -0.05) is 13.8 Å². The molecule has 0 saturated heterocycles. The summed E-state index contributed by atoms with van der Waals surface area (Å²) in [5, 5.41) is 17.1. The van der Waals surface area contributed by atoms with Crippen molar-refractivity contribution in [3.05, 3.63) is 16.3 Å². The van der Waals surface area contributed by atoms with Gasteiger partial charge in [0.05, 0.1) is 4.92 Å². The second kappa shape index (κ2) is 5.81. The van der Waals surface area contributed by atoms with Gasteiger partial charge < -0.3 is 10.6 Å². The van der Waals surface area contributed by atoms with E-state index in [9.17, 15) is 10.1 Å². The molecular weight excluding hydrogens is 246 g/mol. The molecule has 0 aliphatic heterocycles. The van der Waals surface area contributed by atoms with Gasteiger partial charge in [0, 0.05) is 12.6 Å². The molecule has 0 radical (unpaired) electrons. The molecule has 1 aliphatic carbocycles. The smallest absolute Gasteiger partial charge is 0.329 e. The van der Waals surface area contributed by atoms with Crippen molar-refractivity contribution in [1.82, 2.24) is 9.97 Å². The average Bonchev–Trinajstić information content (AvgIpc) is 2.34. The van der Waals surface area contributed by atoms with Crippen LogP contribution >= 0.6 is 0 Å². The zero-order chi connectivity index (χ0) is 13.8. The first kappa shape index (κ1) is 13.5. The zero-order valence-electron chi connectivity index (χ0n) is 11.2. The van der Waals surface area contributed by atoms with Crippen LogP contribution in [0.4, 0.5) is 17.5 Å². The van der Waals surface area contributed by atoms with E-state index in [-0.39, 0.29) is 11.7 Å². The van der Waals surface area contributed by atoms with Gasteiger partial charge in [-0.05, 0) is 25.2 Å². The number of rotatable bonds is 6. The van der Waals surface area contributed by atoms with E-state index in [1.807, 2.05) is 6.92 Å². The Hall–Kier alpha value is -1.92. The van der Waals surface area contributed by atoms with E-state index >= 15 is 0 Å². The van der Waals surface area contributed by atoms with Gasteiger partial charge in [-0.15, -0.1) is 0 Å². The standard InChI is InChI=1S/C12H19N5O2/c1-3-4-13-12-14-7-10(17(18)19)11(16-12)15-9-5-8(2)6-9/h7-9H,3-6H2,1-2H3,(H2,13,14,15,16). The molecule has 0 atom stereocenters. The third kappa shape index (κ3) is 3.30. The van der Waals surface area contributed by atoms with Crippen molar-refractivity contribution in [2.75, 3.05) is 17.2 Å². The molecule has 1 heterocycles. The van der Waals surface area contributed by atoms with Crippen LogP contribution in [0.5, 0.6) is 0 Å². The highest BCUT2D eigenvalue weighted by atomic mass is 16.6. The maximum atomic E-state index is 11.0. The van der Waals surface area contributed by atoms with Crippen molar-refractivity contribution < 1.29 is 4.92 Å². The lowest BCUT2D eigenvalue weighted by molar-refractivity contribution is -0.384. The van der Waals surface area contributed by atoms with E-state index in [1.165, 1.54) is 6.20 Å². The molecule has 7 nitrogen and oxygen atoms in total. The first-order chi connectivity index (χ1) is 9.10. The Morgan fingerprint density at radius 3 is 2.84 bits per heavy atom. The summed E-state index contributed by atoms with van der Waals surface area (Å²) >= 11 is 0. The van der Waals surface area contributed by atoms with Crippen molar-refractivity contribution in [2.24, 2.45) is 5.92 Å². The van der Waals surface area contributed by atoms with E-state index in [0.29, 0.717) is 17.7 Å². The topological polar surface area (TPSA) is 93.0 Å². The van der Waals surface area contributed by atoms with E-state index in [0.717, 1.165) is 25.8 Å². The molecule has 0 amide bonds. The van der Waals surface area contributed by atoms with Crippen molar-refractivity contribution >= 4 is 17.5 Å². The third-order valence-corrected chi connectivity index (χ3v) is 3.21. The van der Waals surface area contributed by atoms with Crippen LogP contribution in [0, 0.1) is 16.0 Å². The van der Waals surface area contributed by atoms with Gasteiger partial charge >= 0.3 is 5.69 Å². The Balaban J connectivity index is 2.13. The molecule has 19 heavy (non-hydrogen) atoms. The van der Waals surface area contributed by atoms with Crippen LogP contribution in [0.15, 0.2) is 6.20 Å². The Labute approximate surface area is 112 Å². The molecule has 1 saturated carbocycles. The minimum absolute atomic E-state index is 0.0680. The monoisotopic (exact) mass is 265 g/mol. The largest absolute Gasteiger partial charge is 0.361 e. The first-order valence-corrected chi connectivity index (χ1v) is 6.62. The predicted molar refractivity (Wildman–Crippen MR) is 73.3 cm³/mol. The normalized spacial score (nSPS) is 21.6. The van der Waals surface area contributed by atoms with Gasteiger partial charge in [0.1, 0.15) is 6.20 Å². The number of nitro groups is 1. The van der Waals surface area contributed by atoms with Crippen LogP contribution in [-0.2, 0) is 0 Å². The van der Waals surface area contributed by atoms with Gasteiger partial charge in [-0.25, -0.2) is 4.98 Å². The van der Waals surface area contributed by atoms with Crippen LogP contribution in [0.1, 0.15) is 33.1 Å². The Morgan fingerprint density at radius 2 is 2.26 bits per heavy atom. The highest BCUT2D eigenvalue weighted by Crippen LogP contribution is 2.31. The zero-order valence-corrected chi connectivity index (χ0v) is 11.2. The van der Waals surface area contributed by atoms with Crippen LogP contribution in [0.2, 0.25) is 0 Å². The summed E-state index contributed by atoms with van der Waals surface area (Å²) in [6.07, 6.45) is 4.26. The van der Waals surface area contributed by atoms with Crippen LogP contribution in [-0.4, -0.2) is 27.5 Å². The van der Waals surface area contributed by atoms with E-state index < -0.39 is 4.92 Å². The summed E-state index contributed by atoms with van der Waals surface area (Å²) in [6.45, 7) is 4.95. The quantitative estimate of drug-likeness (QED) is 0.606. The molecular formula is C12H19N5O2. The molecule has 1 fully saturated rings. The van der Waals surface area contributed by atoms with Crippen LogP contribution in [0.3, 0.4) is 0 Å². The van der Waals surface area contributed by atoms with E-state index in [2.05, 4.69) is 27.5 Å². The van der Waals surface area contributed by atoms with Gasteiger partial charge in [-0.2, -0.15) is 4.98 Å². The Morgan fingerprint density at radius 1 is 1.53 bits per heavy atom. The second-order valence-electron chi connectivity index (χ2n) is 5.03. The molecule has 2 rings (SSSR count). The second-order valence-corrected chi connectivity index (χ2v) is 5.03. The SMILES string of the molecule is CCCNc1ncc([N+](=O)[O-])c(NC2CC(C)C2)n1. The highest BCUT2D eigenvalue weighted by Gasteiger charge is 2.28. The molecule has 0 spiro atoms. The number of nitrogens with one attached hydrogen (secondary N) is 2. The molecule has 0 bridgehead atoms. The first-order valence-electron chi connectivity index (χ1n) is 6.62. The van der Waals surface area contributed by atoms with E-state index in [4.69, 9.17) is 0 Å². The number of hydrogen-bond acceptors (Lipinski definition) is 6. The van der Waals surface area contributed by atoms with Crippen molar-refractivity contribution in [3.63, 3.8) is 0 Å². The van der Waals surface area contributed by atoms with Crippen LogP contribution < -0.4 is 10.6 Å². The maximum Gasteiger partial charge on any atom is 0.329 e. The molecule has 1 aliphatic rings. The molecule has 1 aromatic heterocycles. The lowest BCUT2D eigenvalue weighted by Gasteiger charge is -2.33. The number of aromatic nitrogens is 2. The van der Waals surface area contributed by atoms with Crippen molar-refractivity contribution in [3.8, 4) is 0 Å². The summed E-state index contributed by atoms with van der Waals surface area (Å²) in [7, 11) is 0. The van der Waals surface area contributed by atoms with Crippen molar-refractivity contribution in [1.29, 1.82) is 0 Å². The molecule has 0 aromatic carbocycles. The fourth-order valence-electron chi connectivity index (χ4n) is 2.15. The summed E-state index contributed by atoms with van der Waals surface area (Å²) in [4.78, 5) is 18.7. The minimum Gasteiger partial charge on any atom is -0.361 e. The predicted octanol–water partition coefficient (Wildman–Crippen LogP) is 2.42. The average molecular weight is 265 g/mol. The number of nitrogens with zero attached hydrogens (tertiary/aromatic N) is 3. The lowest BCUT2D eigenvalue weighted by atomic mass is 9.82. The lowest BCUT2D eigenvalue weighted by Crippen LogP contribution is -2.34. The van der Waals surface area contributed by atoms with Crippen LogP contribution in [0.25, 0.3) is 0 Å². The van der Waals surface area contributed by atoms with Gasteiger partial charge in [0.2, 0.25) is 11.8 Å². The maximum absolute atomic E-state index is 11.0. The third-order valence-electron chi connectivity index (χ3n) is 3.21. The highest BCUT2D eigenvalue weighted by molar-refractivity contribution is 5.57. The number of hydrogen-bond donors (Lipinski definition) is 2. The van der Waals surface area contributed by atoms with Crippen molar-refractivity contribution in [2.45, 2.75) is 39.2 Å². The summed E-state index contributed by atoms with van der Waals surface area (Å²) in [6, 6.07) is 0.280. The van der Waals surface area contributed by atoms with Gasteiger partial charge in [-0.3, -0.25) is 10.1 Å². The molecule has 1 aromatic rings. The molecule has 7 heteroatoms. The fraction of sp³-hybridized carbons (Fsp3) is 0.667. The number of anilines is 2.